The van der Waals surface area contributed by atoms with E-state index in [4.69, 9.17) is 0 Å². The van der Waals surface area contributed by atoms with Crippen molar-refractivity contribution in [2.45, 2.75) is 25.0 Å². The Kier molecular flexibility index (Phi) is 5.67. The molecule has 0 aliphatic heterocycles. The van der Waals surface area contributed by atoms with Crippen LogP contribution in [0, 0.1) is 5.82 Å². The van der Waals surface area contributed by atoms with Crippen LogP contribution in [0.25, 0.3) is 17.0 Å². The standard InChI is InChI=1S/C22H19FN4O2S/c1-2-20-24-22(26-25-20)30-19(21(28)29)11-15-13-27(18-10-6-4-8-16(15)18)12-14-7-3-5-9-17(14)23/h3-11,13H,2,12H2,1H3,(H,28,29)(H,24,25,26)/b19-11-. The zero-order valence-corrected chi connectivity index (χ0v) is 17.0. The molecule has 0 aliphatic rings. The van der Waals surface area contributed by atoms with Gasteiger partial charge in [0, 0.05) is 34.6 Å². The molecule has 0 bridgehead atoms. The highest BCUT2D eigenvalue weighted by Gasteiger charge is 2.16. The average Bonchev–Trinajstić information content (AvgIpc) is 3.34. The Morgan fingerprint density at radius 2 is 2.00 bits per heavy atom. The van der Waals surface area contributed by atoms with Crippen molar-refractivity contribution >= 4 is 34.7 Å². The number of halogens is 1. The summed E-state index contributed by atoms with van der Waals surface area (Å²) in [4.78, 5) is 16.2. The van der Waals surface area contributed by atoms with Gasteiger partial charge in [0.05, 0.1) is 6.54 Å². The topological polar surface area (TPSA) is 83.8 Å². The minimum Gasteiger partial charge on any atom is -0.477 e. The third-order valence-electron chi connectivity index (χ3n) is 4.66. The van der Waals surface area contributed by atoms with Crippen LogP contribution in [0.1, 0.15) is 23.9 Å². The lowest BCUT2D eigenvalue weighted by molar-refractivity contribution is -0.131. The highest BCUT2D eigenvalue weighted by atomic mass is 32.2. The molecule has 4 rings (SSSR count). The van der Waals surface area contributed by atoms with E-state index in [-0.39, 0.29) is 10.7 Å². The number of H-pyrrole nitrogens is 1. The molecular formula is C22H19FN4O2S. The van der Waals surface area contributed by atoms with Crippen LogP contribution in [0.3, 0.4) is 0 Å². The zero-order valence-electron chi connectivity index (χ0n) is 16.2. The Morgan fingerprint density at radius 1 is 1.23 bits per heavy atom. The van der Waals surface area contributed by atoms with E-state index in [1.165, 1.54) is 6.07 Å². The van der Waals surface area contributed by atoms with Crippen molar-refractivity contribution in [2.75, 3.05) is 0 Å². The molecule has 2 heterocycles. The first-order valence-electron chi connectivity index (χ1n) is 9.40. The lowest BCUT2D eigenvalue weighted by Crippen LogP contribution is -2.00. The number of hydrogen-bond acceptors (Lipinski definition) is 4. The summed E-state index contributed by atoms with van der Waals surface area (Å²) in [7, 11) is 0. The van der Waals surface area contributed by atoms with Crippen LogP contribution in [-0.2, 0) is 17.8 Å². The molecule has 0 fully saturated rings. The Bertz CT molecular complexity index is 1240. The van der Waals surface area contributed by atoms with E-state index in [0.717, 1.165) is 28.2 Å². The number of para-hydroxylation sites is 1. The van der Waals surface area contributed by atoms with Gasteiger partial charge in [-0.3, -0.25) is 5.10 Å². The normalized spacial score (nSPS) is 11.9. The number of carboxylic acid groups (broad SMARTS) is 1. The highest BCUT2D eigenvalue weighted by molar-refractivity contribution is 8.04. The summed E-state index contributed by atoms with van der Waals surface area (Å²) in [6.45, 7) is 2.28. The fourth-order valence-electron chi connectivity index (χ4n) is 3.19. The monoisotopic (exact) mass is 422 g/mol. The van der Waals surface area contributed by atoms with Gasteiger partial charge in [-0.1, -0.05) is 43.3 Å². The summed E-state index contributed by atoms with van der Waals surface area (Å²) in [6.07, 6.45) is 4.13. The quantitative estimate of drug-likeness (QED) is 0.332. The Morgan fingerprint density at radius 3 is 2.73 bits per heavy atom. The molecule has 4 aromatic rings. The predicted octanol–water partition coefficient (Wildman–Crippen LogP) is 4.73. The number of carbonyl (C=O) groups is 1. The summed E-state index contributed by atoms with van der Waals surface area (Å²) in [5.41, 5.74) is 2.19. The number of aromatic amines is 1. The van der Waals surface area contributed by atoms with Crippen molar-refractivity contribution < 1.29 is 14.3 Å². The van der Waals surface area contributed by atoms with E-state index in [9.17, 15) is 14.3 Å². The lowest BCUT2D eigenvalue weighted by Gasteiger charge is -2.06. The second-order valence-electron chi connectivity index (χ2n) is 6.65. The number of nitrogens with one attached hydrogen (secondary N) is 1. The van der Waals surface area contributed by atoms with Gasteiger partial charge in [-0.2, -0.15) is 0 Å². The number of fused-ring (bicyclic) bond motifs is 1. The summed E-state index contributed by atoms with van der Waals surface area (Å²) in [6, 6.07) is 14.3. The van der Waals surface area contributed by atoms with Gasteiger partial charge in [0.25, 0.3) is 0 Å². The molecule has 152 valence electrons. The van der Waals surface area contributed by atoms with Crippen molar-refractivity contribution in [3.63, 3.8) is 0 Å². The van der Waals surface area contributed by atoms with Crippen LogP contribution in [0.15, 0.2) is 64.8 Å². The van der Waals surface area contributed by atoms with Crippen LogP contribution in [-0.4, -0.2) is 30.8 Å². The lowest BCUT2D eigenvalue weighted by atomic mass is 10.1. The Balaban J connectivity index is 1.73. The Labute approximate surface area is 176 Å². The van der Waals surface area contributed by atoms with E-state index in [1.807, 2.05) is 42.0 Å². The molecule has 0 atom stereocenters. The second-order valence-corrected chi connectivity index (χ2v) is 7.66. The molecule has 0 saturated heterocycles. The minimum atomic E-state index is -1.06. The van der Waals surface area contributed by atoms with Gasteiger partial charge < -0.3 is 9.67 Å². The number of rotatable bonds is 7. The fourth-order valence-corrected chi connectivity index (χ4v) is 3.90. The van der Waals surface area contributed by atoms with E-state index < -0.39 is 5.97 Å². The molecule has 0 saturated carbocycles. The third kappa shape index (κ3) is 4.13. The van der Waals surface area contributed by atoms with E-state index >= 15 is 0 Å². The van der Waals surface area contributed by atoms with Crippen molar-refractivity contribution in [1.82, 2.24) is 19.7 Å². The number of aryl methyl sites for hydroxylation is 1. The molecule has 8 heteroatoms. The molecular weight excluding hydrogens is 403 g/mol. The first-order chi connectivity index (χ1) is 14.5. The Hall–Kier alpha value is -3.39. The number of carboxylic acids is 1. The smallest absolute Gasteiger partial charge is 0.342 e. The van der Waals surface area contributed by atoms with Crippen LogP contribution in [0.5, 0.6) is 0 Å². The summed E-state index contributed by atoms with van der Waals surface area (Å²) < 4.78 is 16.1. The molecule has 0 unspecified atom stereocenters. The van der Waals surface area contributed by atoms with Crippen LogP contribution in [0.2, 0.25) is 0 Å². The zero-order chi connectivity index (χ0) is 21.1. The van der Waals surface area contributed by atoms with Gasteiger partial charge in [-0.15, -0.1) is 5.10 Å². The number of aromatic nitrogens is 4. The van der Waals surface area contributed by atoms with Crippen molar-refractivity contribution in [3.8, 4) is 0 Å². The molecule has 2 N–H and O–H groups in total. The fraction of sp³-hybridized carbons (Fsp3) is 0.136. The van der Waals surface area contributed by atoms with Crippen molar-refractivity contribution in [3.05, 3.63) is 82.4 Å². The van der Waals surface area contributed by atoms with E-state index in [2.05, 4.69) is 15.2 Å². The highest BCUT2D eigenvalue weighted by Crippen LogP contribution is 2.30. The number of benzene rings is 2. The predicted molar refractivity (Wildman–Crippen MR) is 115 cm³/mol. The summed E-state index contributed by atoms with van der Waals surface area (Å²) in [5, 5.41) is 17.8. The number of aliphatic carboxylic acids is 1. The van der Waals surface area contributed by atoms with Gasteiger partial charge in [0.2, 0.25) is 5.16 Å². The molecule has 2 aromatic carbocycles. The maximum atomic E-state index is 14.1. The molecule has 30 heavy (non-hydrogen) atoms. The molecule has 0 amide bonds. The van der Waals surface area contributed by atoms with Gasteiger partial charge in [0.15, 0.2) is 0 Å². The van der Waals surface area contributed by atoms with Gasteiger partial charge in [0.1, 0.15) is 16.5 Å². The van der Waals surface area contributed by atoms with E-state index in [1.54, 1.807) is 24.3 Å². The van der Waals surface area contributed by atoms with E-state index in [0.29, 0.717) is 29.5 Å². The van der Waals surface area contributed by atoms with Crippen molar-refractivity contribution in [2.24, 2.45) is 0 Å². The number of hydrogen-bond donors (Lipinski definition) is 2. The number of nitrogens with zero attached hydrogens (tertiary/aromatic N) is 3. The first-order valence-corrected chi connectivity index (χ1v) is 10.2. The molecule has 6 nitrogen and oxygen atoms in total. The average molecular weight is 422 g/mol. The number of thioether (sulfide) groups is 1. The molecule has 2 aromatic heterocycles. The van der Waals surface area contributed by atoms with Gasteiger partial charge in [-0.25, -0.2) is 14.2 Å². The summed E-state index contributed by atoms with van der Waals surface area (Å²) >= 11 is 0.991. The van der Waals surface area contributed by atoms with Gasteiger partial charge in [-0.05, 0) is 30.0 Å². The molecule has 0 radical (unpaired) electrons. The molecule has 0 spiro atoms. The van der Waals surface area contributed by atoms with Crippen LogP contribution < -0.4 is 0 Å². The maximum Gasteiger partial charge on any atom is 0.342 e. The summed E-state index contributed by atoms with van der Waals surface area (Å²) in [5.74, 6) is -0.636. The molecule has 0 aliphatic carbocycles. The first kappa shape index (κ1) is 19.9. The van der Waals surface area contributed by atoms with Gasteiger partial charge >= 0.3 is 5.97 Å². The third-order valence-corrected chi connectivity index (χ3v) is 5.54. The SMILES string of the molecule is CCc1nc(S/C(=C\c2cn(Cc3ccccc3F)c3ccccc23)C(=O)O)n[nH]1. The van der Waals surface area contributed by atoms with Crippen LogP contribution in [0.4, 0.5) is 4.39 Å². The van der Waals surface area contributed by atoms with Crippen molar-refractivity contribution in [1.29, 1.82) is 0 Å². The largest absolute Gasteiger partial charge is 0.477 e. The second kappa shape index (κ2) is 8.54. The van der Waals surface area contributed by atoms with Crippen LogP contribution >= 0.6 is 11.8 Å². The minimum absolute atomic E-state index is 0.102. The maximum absolute atomic E-state index is 14.1.